The zero-order valence-corrected chi connectivity index (χ0v) is 12.0. The first-order valence-electron chi connectivity index (χ1n) is 3.67. The van der Waals surface area contributed by atoms with Crippen molar-refractivity contribution in [3.63, 3.8) is 0 Å². The summed E-state index contributed by atoms with van der Waals surface area (Å²) >= 11 is 12.0. The number of hydrogen-bond donors (Lipinski definition) is 1. The third-order valence-corrected chi connectivity index (χ3v) is 4.53. The fraction of sp³-hybridized carbons (Fsp3) is 0.111. The molecule has 1 aromatic heterocycles. The Kier molecular flexibility index (Phi) is 3.22. The summed E-state index contributed by atoms with van der Waals surface area (Å²) in [5.41, 5.74) is 1.32. The van der Waals surface area contributed by atoms with Crippen LogP contribution >= 0.6 is 62.5 Å². The van der Waals surface area contributed by atoms with E-state index in [1.54, 1.807) is 0 Å². The standard InChI is InChI=1S/C9H6BrIS2/c10-4-5-1-6(12)2-8-7(5)3-9(11)13-8/h1-3,12H,4H2. The van der Waals surface area contributed by atoms with E-state index in [0.717, 1.165) is 10.2 Å². The van der Waals surface area contributed by atoms with E-state index in [0.29, 0.717) is 0 Å². The van der Waals surface area contributed by atoms with Gasteiger partial charge in [0.2, 0.25) is 0 Å². The molecule has 0 aliphatic rings. The van der Waals surface area contributed by atoms with E-state index in [-0.39, 0.29) is 0 Å². The van der Waals surface area contributed by atoms with Crippen molar-refractivity contribution in [3.8, 4) is 0 Å². The van der Waals surface area contributed by atoms with Crippen molar-refractivity contribution >= 4 is 72.6 Å². The molecule has 0 aliphatic heterocycles. The van der Waals surface area contributed by atoms with E-state index in [1.165, 1.54) is 18.5 Å². The van der Waals surface area contributed by atoms with Gasteiger partial charge in [-0.25, -0.2) is 0 Å². The van der Waals surface area contributed by atoms with Crippen LogP contribution in [-0.4, -0.2) is 0 Å². The number of thiophene rings is 1. The van der Waals surface area contributed by atoms with E-state index < -0.39 is 0 Å². The Morgan fingerprint density at radius 1 is 1.38 bits per heavy atom. The van der Waals surface area contributed by atoms with Gasteiger partial charge in [0.15, 0.2) is 0 Å². The maximum Gasteiger partial charge on any atom is 0.0666 e. The predicted octanol–water partition coefficient (Wildman–Crippen LogP) is 4.69. The predicted molar refractivity (Wildman–Crippen MR) is 74.4 cm³/mol. The van der Waals surface area contributed by atoms with Gasteiger partial charge < -0.3 is 0 Å². The number of thiol groups is 1. The highest BCUT2D eigenvalue weighted by Gasteiger charge is 2.05. The van der Waals surface area contributed by atoms with Gasteiger partial charge >= 0.3 is 0 Å². The number of fused-ring (bicyclic) bond motifs is 1. The maximum absolute atomic E-state index is 4.38. The van der Waals surface area contributed by atoms with Gasteiger partial charge in [0, 0.05) is 14.9 Å². The molecule has 0 N–H and O–H groups in total. The highest BCUT2D eigenvalue weighted by Crippen LogP contribution is 2.32. The first-order chi connectivity index (χ1) is 6.20. The molecule has 2 aromatic rings. The van der Waals surface area contributed by atoms with E-state index in [4.69, 9.17) is 0 Å². The lowest BCUT2D eigenvalue weighted by Crippen LogP contribution is -1.78. The molecule has 1 heterocycles. The Morgan fingerprint density at radius 2 is 2.15 bits per heavy atom. The van der Waals surface area contributed by atoms with Crippen molar-refractivity contribution in [1.82, 2.24) is 0 Å². The summed E-state index contributed by atoms with van der Waals surface area (Å²) in [4.78, 5) is 1.04. The van der Waals surface area contributed by atoms with Crippen molar-refractivity contribution < 1.29 is 0 Å². The van der Waals surface area contributed by atoms with Crippen LogP contribution in [0.3, 0.4) is 0 Å². The van der Waals surface area contributed by atoms with Crippen LogP contribution in [0.2, 0.25) is 0 Å². The molecular formula is C9H6BrIS2. The minimum absolute atomic E-state index is 0.894. The summed E-state index contributed by atoms with van der Waals surface area (Å²) < 4.78 is 2.65. The van der Waals surface area contributed by atoms with Crippen molar-refractivity contribution in [1.29, 1.82) is 0 Å². The molecule has 0 saturated heterocycles. The van der Waals surface area contributed by atoms with Crippen LogP contribution in [0, 0.1) is 2.88 Å². The second-order valence-electron chi connectivity index (χ2n) is 2.70. The number of hydrogen-bond acceptors (Lipinski definition) is 2. The molecular weight excluding hydrogens is 379 g/mol. The molecule has 0 atom stereocenters. The van der Waals surface area contributed by atoms with Gasteiger partial charge in [-0.05, 0) is 51.7 Å². The van der Waals surface area contributed by atoms with E-state index in [9.17, 15) is 0 Å². The summed E-state index contributed by atoms with van der Waals surface area (Å²) in [6.07, 6.45) is 0. The molecule has 68 valence electrons. The molecule has 0 fully saturated rings. The Balaban J connectivity index is 2.80. The highest BCUT2D eigenvalue weighted by molar-refractivity contribution is 14.1. The number of benzene rings is 1. The monoisotopic (exact) mass is 384 g/mol. The van der Waals surface area contributed by atoms with Gasteiger partial charge in [-0.15, -0.1) is 24.0 Å². The van der Waals surface area contributed by atoms with Gasteiger partial charge in [0.1, 0.15) is 0 Å². The minimum atomic E-state index is 0.894. The molecule has 0 saturated carbocycles. The average Bonchev–Trinajstić information content (AvgIpc) is 2.43. The van der Waals surface area contributed by atoms with Crippen LogP contribution in [0.1, 0.15) is 5.56 Å². The second-order valence-corrected chi connectivity index (χ2v) is 6.76. The molecule has 0 amide bonds. The van der Waals surface area contributed by atoms with Crippen LogP contribution in [0.4, 0.5) is 0 Å². The fourth-order valence-electron chi connectivity index (χ4n) is 1.28. The summed E-state index contributed by atoms with van der Waals surface area (Å²) in [6.45, 7) is 0. The van der Waals surface area contributed by atoms with Crippen molar-refractivity contribution in [3.05, 3.63) is 26.6 Å². The summed E-state index contributed by atoms with van der Waals surface area (Å²) in [7, 11) is 0. The Hall–Kier alpha value is 0.740. The van der Waals surface area contributed by atoms with Crippen molar-refractivity contribution in [2.75, 3.05) is 0 Å². The van der Waals surface area contributed by atoms with E-state index in [1.807, 2.05) is 11.3 Å². The second kappa shape index (κ2) is 4.08. The lowest BCUT2D eigenvalue weighted by Gasteiger charge is -1.99. The summed E-state index contributed by atoms with van der Waals surface area (Å²) in [6, 6.07) is 6.46. The Bertz CT molecular complexity index is 450. The first-order valence-corrected chi connectivity index (χ1v) is 7.14. The maximum atomic E-state index is 4.38. The van der Waals surface area contributed by atoms with Crippen LogP contribution in [0.15, 0.2) is 23.1 Å². The molecule has 0 bridgehead atoms. The first kappa shape index (κ1) is 10.3. The highest BCUT2D eigenvalue weighted by atomic mass is 127. The molecule has 0 spiro atoms. The van der Waals surface area contributed by atoms with Gasteiger partial charge in [-0.2, -0.15) is 0 Å². The number of rotatable bonds is 1. The van der Waals surface area contributed by atoms with Gasteiger partial charge in [-0.1, -0.05) is 15.9 Å². The SMILES string of the molecule is Sc1cc(CBr)c2cc(I)sc2c1. The van der Waals surface area contributed by atoms with Crippen LogP contribution in [0.25, 0.3) is 10.1 Å². The fourth-order valence-corrected chi connectivity index (χ4v) is 4.01. The lowest BCUT2D eigenvalue weighted by atomic mass is 10.1. The van der Waals surface area contributed by atoms with E-state index in [2.05, 4.69) is 69.3 Å². The van der Waals surface area contributed by atoms with Gasteiger partial charge in [-0.3, -0.25) is 0 Å². The van der Waals surface area contributed by atoms with Gasteiger partial charge in [0.05, 0.1) is 2.88 Å². The molecule has 0 aliphatic carbocycles. The molecule has 0 radical (unpaired) electrons. The van der Waals surface area contributed by atoms with Crippen LogP contribution in [0.5, 0.6) is 0 Å². The largest absolute Gasteiger partial charge is 0.143 e. The molecule has 4 heteroatoms. The number of alkyl halides is 1. The minimum Gasteiger partial charge on any atom is -0.143 e. The quantitative estimate of drug-likeness (QED) is 0.411. The smallest absolute Gasteiger partial charge is 0.0666 e. The molecule has 13 heavy (non-hydrogen) atoms. The summed E-state index contributed by atoms with van der Waals surface area (Å²) in [5, 5.41) is 2.24. The molecule has 0 nitrogen and oxygen atoms in total. The zero-order valence-electron chi connectivity index (χ0n) is 6.55. The Morgan fingerprint density at radius 3 is 2.85 bits per heavy atom. The normalized spacial score (nSPS) is 11.0. The van der Waals surface area contributed by atoms with Gasteiger partial charge in [0.25, 0.3) is 0 Å². The molecule has 1 aromatic carbocycles. The molecule has 2 rings (SSSR count). The number of halogens is 2. The van der Waals surface area contributed by atoms with Crippen LogP contribution in [-0.2, 0) is 5.33 Å². The third kappa shape index (κ3) is 2.06. The Labute approximate surface area is 108 Å². The third-order valence-electron chi connectivity index (χ3n) is 1.82. The lowest BCUT2D eigenvalue weighted by molar-refractivity contribution is 1.41. The molecule has 0 unspecified atom stereocenters. The van der Waals surface area contributed by atoms with Crippen molar-refractivity contribution in [2.45, 2.75) is 10.2 Å². The summed E-state index contributed by atoms with van der Waals surface area (Å²) in [5.74, 6) is 0. The average molecular weight is 385 g/mol. The van der Waals surface area contributed by atoms with Crippen molar-refractivity contribution in [2.24, 2.45) is 0 Å². The van der Waals surface area contributed by atoms with Crippen LogP contribution < -0.4 is 0 Å². The van der Waals surface area contributed by atoms with E-state index >= 15 is 0 Å². The topological polar surface area (TPSA) is 0 Å². The zero-order chi connectivity index (χ0) is 9.42.